The summed E-state index contributed by atoms with van der Waals surface area (Å²) in [5.74, 6) is 0.738. The van der Waals surface area contributed by atoms with E-state index in [0.29, 0.717) is 6.54 Å². The van der Waals surface area contributed by atoms with Crippen LogP contribution in [-0.2, 0) is 11.3 Å². The van der Waals surface area contributed by atoms with Crippen molar-refractivity contribution in [3.8, 4) is 10.4 Å². The van der Waals surface area contributed by atoms with Crippen molar-refractivity contribution >= 4 is 39.2 Å². The van der Waals surface area contributed by atoms with E-state index < -0.39 is 0 Å². The molecule has 0 saturated heterocycles. The molecule has 4 rings (SSSR count). The first kappa shape index (κ1) is 18.6. The summed E-state index contributed by atoms with van der Waals surface area (Å²) in [7, 11) is 1.75. The van der Waals surface area contributed by atoms with Gasteiger partial charge in [0.2, 0.25) is 5.91 Å². The SMILES string of the molecule is CN(Cc1ccco1)C(=O)CSc1ncnc2cc(-c3ccc(F)cc3)sc12. The number of thioether (sulfide) groups is 1. The van der Waals surface area contributed by atoms with Gasteiger partial charge in [0.1, 0.15) is 22.9 Å². The summed E-state index contributed by atoms with van der Waals surface area (Å²) in [6, 6.07) is 12.0. The Hall–Kier alpha value is -2.71. The normalized spacial score (nSPS) is 11.1. The van der Waals surface area contributed by atoms with E-state index in [9.17, 15) is 9.18 Å². The topological polar surface area (TPSA) is 59.2 Å². The fourth-order valence-corrected chi connectivity index (χ4v) is 4.80. The highest BCUT2D eigenvalue weighted by Gasteiger charge is 2.15. The molecule has 4 aromatic rings. The van der Waals surface area contributed by atoms with Gasteiger partial charge in [-0.1, -0.05) is 23.9 Å². The number of hydrogen-bond acceptors (Lipinski definition) is 6. The van der Waals surface area contributed by atoms with Crippen LogP contribution in [0.25, 0.3) is 20.7 Å². The summed E-state index contributed by atoms with van der Waals surface area (Å²) < 4.78 is 19.4. The molecule has 0 aliphatic carbocycles. The van der Waals surface area contributed by atoms with Gasteiger partial charge in [-0.05, 0) is 35.9 Å². The lowest BCUT2D eigenvalue weighted by atomic mass is 10.2. The number of carbonyl (C=O) groups excluding carboxylic acids is 1. The molecule has 28 heavy (non-hydrogen) atoms. The third kappa shape index (κ3) is 4.07. The van der Waals surface area contributed by atoms with Gasteiger partial charge in [0.15, 0.2) is 0 Å². The van der Waals surface area contributed by atoms with Gasteiger partial charge in [-0.2, -0.15) is 0 Å². The average molecular weight is 413 g/mol. The van der Waals surface area contributed by atoms with E-state index in [1.807, 2.05) is 12.1 Å². The van der Waals surface area contributed by atoms with Gasteiger partial charge in [-0.25, -0.2) is 14.4 Å². The summed E-state index contributed by atoms with van der Waals surface area (Å²) in [4.78, 5) is 23.7. The molecule has 0 aliphatic rings. The standard InChI is InChI=1S/C20H16FN3O2S2/c1-24(10-15-3-2-8-26-15)18(25)11-27-20-19-16(22-12-23-20)9-17(28-19)13-4-6-14(21)7-5-13/h2-9,12H,10-11H2,1H3. The molecule has 0 fully saturated rings. The molecule has 8 heteroatoms. The van der Waals surface area contributed by atoms with E-state index in [0.717, 1.165) is 31.4 Å². The second-order valence-electron chi connectivity index (χ2n) is 6.13. The van der Waals surface area contributed by atoms with Gasteiger partial charge in [0.05, 0.1) is 28.8 Å². The Balaban J connectivity index is 1.49. The molecule has 0 aliphatic heterocycles. The Morgan fingerprint density at radius 2 is 2.07 bits per heavy atom. The number of carbonyl (C=O) groups is 1. The molecule has 3 aromatic heterocycles. The van der Waals surface area contributed by atoms with Crippen LogP contribution in [0.4, 0.5) is 4.39 Å². The van der Waals surface area contributed by atoms with Crippen LogP contribution in [0.1, 0.15) is 5.76 Å². The van der Waals surface area contributed by atoms with Crippen molar-refractivity contribution in [2.24, 2.45) is 0 Å². The van der Waals surface area contributed by atoms with Crippen LogP contribution in [0.2, 0.25) is 0 Å². The summed E-state index contributed by atoms with van der Waals surface area (Å²) in [6.45, 7) is 0.430. The van der Waals surface area contributed by atoms with Crippen LogP contribution < -0.4 is 0 Å². The Labute approximate surface area is 169 Å². The predicted octanol–water partition coefficient (Wildman–Crippen LogP) is 4.84. The smallest absolute Gasteiger partial charge is 0.233 e. The second-order valence-corrected chi connectivity index (χ2v) is 8.14. The van der Waals surface area contributed by atoms with Crippen molar-refractivity contribution in [1.82, 2.24) is 14.9 Å². The summed E-state index contributed by atoms with van der Waals surface area (Å²) in [5.41, 5.74) is 1.74. The molecule has 0 radical (unpaired) electrons. The summed E-state index contributed by atoms with van der Waals surface area (Å²) in [5, 5.41) is 0.767. The summed E-state index contributed by atoms with van der Waals surface area (Å²) >= 11 is 2.93. The average Bonchev–Trinajstić information content (AvgIpc) is 3.36. The van der Waals surface area contributed by atoms with Crippen molar-refractivity contribution < 1.29 is 13.6 Å². The van der Waals surface area contributed by atoms with Crippen LogP contribution in [0.15, 0.2) is 64.5 Å². The summed E-state index contributed by atoms with van der Waals surface area (Å²) in [6.07, 6.45) is 3.10. The van der Waals surface area contributed by atoms with E-state index in [4.69, 9.17) is 4.42 Å². The van der Waals surface area contributed by atoms with E-state index in [-0.39, 0.29) is 17.5 Å². The molecule has 0 unspecified atom stereocenters. The van der Waals surface area contributed by atoms with E-state index >= 15 is 0 Å². The molecule has 3 heterocycles. The van der Waals surface area contributed by atoms with Gasteiger partial charge >= 0.3 is 0 Å². The highest BCUT2D eigenvalue weighted by atomic mass is 32.2. The number of aromatic nitrogens is 2. The molecule has 0 N–H and O–H groups in total. The molecule has 1 aromatic carbocycles. The molecular weight excluding hydrogens is 397 g/mol. The lowest BCUT2D eigenvalue weighted by molar-refractivity contribution is -0.127. The van der Waals surface area contributed by atoms with Crippen LogP contribution in [0.5, 0.6) is 0 Å². The molecule has 1 amide bonds. The molecule has 0 spiro atoms. The molecule has 0 atom stereocenters. The maximum absolute atomic E-state index is 13.2. The largest absolute Gasteiger partial charge is 0.467 e. The van der Waals surface area contributed by atoms with Gasteiger partial charge in [-0.15, -0.1) is 11.3 Å². The van der Waals surface area contributed by atoms with Crippen LogP contribution in [0, 0.1) is 5.82 Å². The van der Waals surface area contributed by atoms with Gasteiger partial charge < -0.3 is 9.32 Å². The van der Waals surface area contributed by atoms with Crippen LogP contribution in [-0.4, -0.2) is 33.6 Å². The molecule has 142 valence electrons. The zero-order valence-electron chi connectivity index (χ0n) is 15.0. The number of rotatable bonds is 6. The van der Waals surface area contributed by atoms with Crippen molar-refractivity contribution in [2.45, 2.75) is 11.6 Å². The number of halogens is 1. The quantitative estimate of drug-likeness (QED) is 0.334. The third-order valence-corrected chi connectivity index (χ3v) is 6.42. The monoisotopic (exact) mass is 413 g/mol. The Kier molecular flexibility index (Phi) is 5.40. The van der Waals surface area contributed by atoms with Crippen LogP contribution >= 0.6 is 23.1 Å². The van der Waals surface area contributed by atoms with E-state index in [1.54, 1.807) is 36.4 Å². The fraction of sp³-hybridized carbons (Fsp3) is 0.150. The van der Waals surface area contributed by atoms with Crippen molar-refractivity contribution in [2.75, 3.05) is 12.8 Å². The number of benzene rings is 1. The fourth-order valence-electron chi connectivity index (χ4n) is 2.66. The number of fused-ring (bicyclic) bond motifs is 1. The van der Waals surface area contributed by atoms with Gasteiger partial charge in [-0.3, -0.25) is 4.79 Å². The number of furan rings is 1. The van der Waals surface area contributed by atoms with Crippen LogP contribution in [0.3, 0.4) is 0 Å². The Morgan fingerprint density at radius 3 is 2.82 bits per heavy atom. The van der Waals surface area contributed by atoms with Gasteiger partial charge in [0, 0.05) is 11.9 Å². The van der Waals surface area contributed by atoms with Crippen molar-refractivity contribution in [1.29, 1.82) is 0 Å². The highest BCUT2D eigenvalue weighted by molar-refractivity contribution is 8.00. The zero-order chi connectivity index (χ0) is 19.5. The maximum Gasteiger partial charge on any atom is 0.233 e. The maximum atomic E-state index is 13.2. The number of amides is 1. The number of hydrogen-bond donors (Lipinski definition) is 0. The first-order chi connectivity index (χ1) is 13.6. The molecule has 5 nitrogen and oxygen atoms in total. The lowest BCUT2D eigenvalue weighted by Crippen LogP contribution is -2.27. The molecule has 0 saturated carbocycles. The second kappa shape index (κ2) is 8.12. The predicted molar refractivity (Wildman–Crippen MR) is 109 cm³/mol. The first-order valence-electron chi connectivity index (χ1n) is 8.50. The zero-order valence-corrected chi connectivity index (χ0v) is 16.6. The van der Waals surface area contributed by atoms with Gasteiger partial charge in [0.25, 0.3) is 0 Å². The van der Waals surface area contributed by atoms with E-state index in [2.05, 4.69) is 9.97 Å². The molecular formula is C20H16FN3O2S2. The Bertz CT molecular complexity index is 1090. The highest BCUT2D eigenvalue weighted by Crippen LogP contribution is 2.36. The molecule has 0 bridgehead atoms. The minimum atomic E-state index is -0.266. The van der Waals surface area contributed by atoms with Crippen molar-refractivity contribution in [3.63, 3.8) is 0 Å². The van der Waals surface area contributed by atoms with Crippen molar-refractivity contribution in [3.05, 3.63) is 66.6 Å². The first-order valence-corrected chi connectivity index (χ1v) is 10.3. The number of nitrogens with zero attached hydrogens (tertiary/aromatic N) is 3. The minimum Gasteiger partial charge on any atom is -0.467 e. The third-order valence-electron chi connectivity index (χ3n) is 4.14. The number of thiophene rings is 1. The minimum absolute atomic E-state index is 0.0107. The lowest BCUT2D eigenvalue weighted by Gasteiger charge is -2.15. The van der Waals surface area contributed by atoms with E-state index in [1.165, 1.54) is 41.6 Å². The Morgan fingerprint density at radius 1 is 1.25 bits per heavy atom.